The van der Waals surface area contributed by atoms with Gasteiger partial charge in [0.25, 0.3) is 0 Å². The van der Waals surface area contributed by atoms with Crippen molar-refractivity contribution in [3.8, 4) is 0 Å². The first kappa shape index (κ1) is 7.54. The molecule has 12 heavy (non-hydrogen) atoms. The second-order valence-corrected chi connectivity index (χ2v) is 3.53. The molecule has 0 unspecified atom stereocenters. The van der Waals surface area contributed by atoms with Crippen LogP contribution in [0, 0.1) is 5.41 Å². The Balaban J connectivity index is 2.20. The van der Waals surface area contributed by atoms with Crippen LogP contribution in [0.15, 0.2) is 0 Å². The van der Waals surface area contributed by atoms with Gasteiger partial charge in [0.2, 0.25) is 0 Å². The Bertz CT molecular complexity index is 237. The minimum atomic E-state index is -1.18. The fourth-order valence-corrected chi connectivity index (χ4v) is 1.95. The molecule has 0 aromatic rings. The highest BCUT2D eigenvalue weighted by molar-refractivity contribution is 5.87. The van der Waals surface area contributed by atoms with Gasteiger partial charge >= 0.3 is 11.9 Å². The molecule has 66 valence electrons. The number of hydrogen-bond acceptors (Lipinski definition) is 3. The molecular formula is C7H8O5. The zero-order chi connectivity index (χ0) is 8.98. The summed E-state index contributed by atoms with van der Waals surface area (Å²) in [5, 5.41) is 17.4. The summed E-state index contributed by atoms with van der Waals surface area (Å²) in [7, 11) is 0. The second kappa shape index (κ2) is 1.80. The molecule has 2 saturated heterocycles. The lowest BCUT2D eigenvalue weighted by atomic mass is 9.62. The summed E-state index contributed by atoms with van der Waals surface area (Å²) in [5.74, 6) is -1.99. The van der Waals surface area contributed by atoms with Crippen LogP contribution in [0.3, 0.4) is 0 Å². The van der Waals surface area contributed by atoms with E-state index in [0.717, 1.165) is 0 Å². The summed E-state index contributed by atoms with van der Waals surface area (Å²) in [6.45, 7) is 0.0363. The van der Waals surface area contributed by atoms with Gasteiger partial charge in [-0.1, -0.05) is 0 Å². The number of carbonyl (C=O) groups is 2. The number of ether oxygens (including phenoxy) is 1. The van der Waals surface area contributed by atoms with Crippen LogP contribution in [-0.4, -0.2) is 34.4 Å². The van der Waals surface area contributed by atoms with Crippen LogP contribution in [-0.2, 0) is 14.3 Å². The van der Waals surface area contributed by atoms with Crippen LogP contribution in [0.2, 0.25) is 0 Å². The molecule has 5 heteroatoms. The highest BCUT2D eigenvalue weighted by Gasteiger charge is 2.70. The lowest BCUT2D eigenvalue weighted by molar-refractivity contribution is -0.169. The summed E-state index contributed by atoms with van der Waals surface area (Å²) < 4.78 is 4.96. The standard InChI is InChI=1S/C7H8O5/c8-4(9)6-1-7(2-6,5(10)11)12-3-6/h1-3H2,(H,8,9)(H,10,11). The van der Waals surface area contributed by atoms with Gasteiger partial charge in [0.05, 0.1) is 12.0 Å². The molecule has 2 heterocycles. The van der Waals surface area contributed by atoms with Crippen LogP contribution < -0.4 is 0 Å². The third kappa shape index (κ3) is 0.621. The highest BCUT2D eigenvalue weighted by atomic mass is 16.5. The normalized spacial score (nSPS) is 43.7. The average molecular weight is 172 g/mol. The van der Waals surface area contributed by atoms with Gasteiger partial charge in [-0.2, -0.15) is 0 Å². The molecule has 3 fully saturated rings. The minimum Gasteiger partial charge on any atom is -0.481 e. The quantitative estimate of drug-likeness (QED) is 0.597. The number of carboxylic acid groups (broad SMARTS) is 2. The van der Waals surface area contributed by atoms with E-state index in [4.69, 9.17) is 14.9 Å². The molecule has 1 aliphatic carbocycles. The number of carboxylic acids is 2. The second-order valence-electron chi connectivity index (χ2n) is 3.53. The van der Waals surface area contributed by atoms with Crippen LogP contribution in [0.1, 0.15) is 12.8 Å². The largest absolute Gasteiger partial charge is 0.481 e. The summed E-state index contributed by atoms with van der Waals surface area (Å²) in [6.07, 6.45) is 0.231. The monoisotopic (exact) mass is 172 g/mol. The number of rotatable bonds is 2. The molecule has 2 bridgehead atoms. The molecular weight excluding hydrogens is 164 g/mol. The summed E-state index contributed by atoms with van der Waals surface area (Å²) in [6, 6.07) is 0. The van der Waals surface area contributed by atoms with E-state index in [0.29, 0.717) is 0 Å². The fraction of sp³-hybridized carbons (Fsp3) is 0.714. The van der Waals surface area contributed by atoms with Gasteiger partial charge in [-0.25, -0.2) is 4.79 Å². The molecule has 0 radical (unpaired) electrons. The maximum absolute atomic E-state index is 10.7. The zero-order valence-corrected chi connectivity index (χ0v) is 6.24. The van der Waals surface area contributed by atoms with Gasteiger partial charge < -0.3 is 14.9 Å². The van der Waals surface area contributed by atoms with Crippen LogP contribution in [0.4, 0.5) is 0 Å². The Morgan fingerprint density at radius 1 is 1.17 bits per heavy atom. The number of fused-ring (bicyclic) bond motifs is 1. The lowest BCUT2D eigenvalue weighted by Crippen LogP contribution is -2.53. The Morgan fingerprint density at radius 3 is 2.00 bits per heavy atom. The predicted molar refractivity (Wildman–Crippen MR) is 35.6 cm³/mol. The van der Waals surface area contributed by atoms with E-state index >= 15 is 0 Å². The Kier molecular flexibility index (Phi) is 1.13. The van der Waals surface area contributed by atoms with E-state index in [-0.39, 0.29) is 19.4 Å². The number of hydrogen-bond donors (Lipinski definition) is 2. The van der Waals surface area contributed by atoms with E-state index in [1.54, 1.807) is 0 Å². The van der Waals surface area contributed by atoms with Gasteiger partial charge in [0.15, 0.2) is 5.60 Å². The minimum absolute atomic E-state index is 0.0363. The van der Waals surface area contributed by atoms with Crippen molar-refractivity contribution in [1.82, 2.24) is 0 Å². The molecule has 0 atom stereocenters. The van der Waals surface area contributed by atoms with Crippen molar-refractivity contribution in [2.45, 2.75) is 18.4 Å². The van der Waals surface area contributed by atoms with Gasteiger partial charge in [-0.05, 0) is 0 Å². The van der Waals surface area contributed by atoms with Crippen molar-refractivity contribution in [3.05, 3.63) is 0 Å². The molecule has 2 aliphatic heterocycles. The Hall–Kier alpha value is -1.10. The average Bonchev–Trinajstić information content (AvgIpc) is 2.37. The van der Waals surface area contributed by atoms with Crippen molar-refractivity contribution in [2.24, 2.45) is 5.41 Å². The molecule has 3 rings (SSSR count). The van der Waals surface area contributed by atoms with Crippen LogP contribution in [0.25, 0.3) is 0 Å². The topological polar surface area (TPSA) is 83.8 Å². The van der Waals surface area contributed by atoms with Crippen molar-refractivity contribution in [1.29, 1.82) is 0 Å². The highest BCUT2D eigenvalue weighted by Crippen LogP contribution is 2.57. The molecule has 2 N–H and O–H groups in total. The van der Waals surface area contributed by atoms with Crippen LogP contribution >= 0.6 is 0 Å². The van der Waals surface area contributed by atoms with Gasteiger partial charge in [-0.15, -0.1) is 0 Å². The zero-order valence-electron chi connectivity index (χ0n) is 6.24. The molecule has 0 amide bonds. The van der Waals surface area contributed by atoms with Gasteiger partial charge in [0, 0.05) is 12.8 Å². The molecule has 5 nitrogen and oxygen atoms in total. The predicted octanol–water partition coefficient (Wildman–Crippen LogP) is -0.295. The third-order valence-corrected chi connectivity index (χ3v) is 2.72. The van der Waals surface area contributed by atoms with E-state index < -0.39 is 23.0 Å². The van der Waals surface area contributed by atoms with Gasteiger partial charge in [-0.3, -0.25) is 4.79 Å². The van der Waals surface area contributed by atoms with Crippen molar-refractivity contribution in [3.63, 3.8) is 0 Å². The van der Waals surface area contributed by atoms with Crippen molar-refractivity contribution >= 4 is 11.9 Å². The maximum atomic E-state index is 10.7. The third-order valence-electron chi connectivity index (χ3n) is 2.72. The maximum Gasteiger partial charge on any atom is 0.336 e. The summed E-state index contributed by atoms with van der Waals surface area (Å²) in [5.41, 5.74) is -2.09. The van der Waals surface area contributed by atoms with Gasteiger partial charge in [0.1, 0.15) is 0 Å². The SMILES string of the molecule is O=C(O)C12COC(C(=O)O)(C1)C2. The first-order valence-electron chi connectivity index (χ1n) is 3.62. The number of aliphatic carboxylic acids is 2. The first-order chi connectivity index (χ1) is 5.51. The molecule has 0 aromatic heterocycles. The molecule has 1 saturated carbocycles. The smallest absolute Gasteiger partial charge is 0.336 e. The lowest BCUT2D eigenvalue weighted by Gasteiger charge is -2.37. The summed E-state index contributed by atoms with van der Waals surface area (Å²) in [4.78, 5) is 21.3. The fourth-order valence-electron chi connectivity index (χ4n) is 1.95. The first-order valence-corrected chi connectivity index (χ1v) is 3.62. The Labute approximate surface area is 67.9 Å². The molecule has 0 spiro atoms. The van der Waals surface area contributed by atoms with E-state index in [1.807, 2.05) is 0 Å². The van der Waals surface area contributed by atoms with Crippen molar-refractivity contribution < 1.29 is 24.5 Å². The van der Waals surface area contributed by atoms with Crippen LogP contribution in [0.5, 0.6) is 0 Å². The van der Waals surface area contributed by atoms with E-state index in [2.05, 4.69) is 0 Å². The van der Waals surface area contributed by atoms with Crippen molar-refractivity contribution in [2.75, 3.05) is 6.61 Å². The van der Waals surface area contributed by atoms with E-state index in [1.165, 1.54) is 0 Å². The molecule has 3 aliphatic rings. The Morgan fingerprint density at radius 2 is 1.75 bits per heavy atom. The summed E-state index contributed by atoms with van der Waals surface area (Å²) >= 11 is 0. The van der Waals surface area contributed by atoms with E-state index in [9.17, 15) is 9.59 Å². The molecule has 0 aromatic carbocycles.